The number of rotatable bonds is 0. The Hall–Kier alpha value is -0.383. The molecule has 0 fully saturated rings. The van der Waals surface area contributed by atoms with Crippen molar-refractivity contribution in [3.05, 3.63) is 4.91 Å². The zero-order valence-electron chi connectivity index (χ0n) is 1.80. The minimum atomic E-state index is 0. The fourth-order valence-electron chi connectivity index (χ4n) is 0. The molecule has 0 amide bonds. The van der Waals surface area contributed by atoms with Gasteiger partial charge in [-0.25, -0.2) is 0 Å². The summed E-state index contributed by atoms with van der Waals surface area (Å²) in [7, 11) is 0. The number of hydrogen-bond donors (Lipinski definition) is 1. The fourth-order valence-corrected chi connectivity index (χ4v) is 0. The van der Waals surface area contributed by atoms with Gasteiger partial charge in [0.25, 0.3) is 0 Å². The van der Waals surface area contributed by atoms with Crippen LogP contribution in [0.4, 0.5) is 0 Å². The first-order valence-electron chi connectivity index (χ1n) is 0.383. The maximum absolute atomic E-state index is 8.11. The monoisotopic (exact) mass is 75.0 g/mol. The van der Waals surface area contributed by atoms with E-state index >= 15 is 0 Å². The molecule has 3 nitrogen and oxygen atoms in total. The third kappa shape index (κ3) is 4.19. The molecule has 1 N–H and O–H groups in total. The van der Waals surface area contributed by atoms with Gasteiger partial charge in [0.15, 0.2) is 5.34 Å². The van der Waals surface area contributed by atoms with Crippen molar-refractivity contribution in [2.75, 3.05) is 0 Å². The Morgan fingerprint density at radius 1 is 1.75 bits per heavy atom. The predicted molar refractivity (Wildman–Crippen MR) is 13.3 cm³/mol. The van der Waals surface area contributed by atoms with E-state index in [1.54, 1.807) is 0 Å². The van der Waals surface area contributed by atoms with Crippen LogP contribution >= 0.6 is 0 Å². The van der Waals surface area contributed by atoms with E-state index in [-0.39, 0.29) is 11.0 Å². The summed E-state index contributed by atoms with van der Waals surface area (Å²) in [6, 6.07) is 0. The van der Waals surface area contributed by atoms with Crippen LogP contribution in [0.5, 0.6) is 0 Å². The van der Waals surface area contributed by atoms with E-state index in [2.05, 4.69) is 0 Å². The Morgan fingerprint density at radius 2 is 1.75 bits per heavy atom. The molecule has 0 rings (SSSR count). The van der Waals surface area contributed by atoms with E-state index in [1.807, 2.05) is 0 Å². The highest BCUT2D eigenvalue weighted by Gasteiger charge is 1.18. The second-order valence-electron chi connectivity index (χ2n) is 0.0816. The second kappa shape index (κ2) is 18.0. The molecule has 0 heterocycles. The molecule has 0 saturated heterocycles. The number of hydrogen-bond acceptors (Lipinski definition) is 2. The quantitative estimate of drug-likeness (QED) is 0.245. The van der Waals surface area contributed by atoms with E-state index in [0.29, 0.717) is 0 Å². The Kier molecular flexibility index (Phi) is 42.6. The van der Waals surface area contributed by atoms with Gasteiger partial charge in [-0.15, -0.1) is 4.91 Å². The average Bonchev–Trinajstić information content (AvgIpc) is 0.918. The normalized spacial score (nSPS) is 3.00. The molecule has 0 aromatic carbocycles. The zero-order chi connectivity index (χ0) is 2.71. The number of nitrogens with zero attached hydrogens (tertiary/aromatic N) is 1. The molecular weight excluding hydrogens is 74.1 g/mol. The van der Waals surface area contributed by atoms with Crippen LogP contribution in [0.15, 0.2) is 5.34 Å². The lowest BCUT2D eigenvalue weighted by Crippen LogP contribution is -1.25. The lowest BCUT2D eigenvalue weighted by molar-refractivity contribution is 0.312. The molecular formula is HNO2Si. The minimum Gasteiger partial charge on any atom is -0.379 e. The van der Waals surface area contributed by atoms with Gasteiger partial charge in [-0.1, -0.05) is 0 Å². The minimum absolute atomic E-state index is 0. The molecule has 0 bridgehead atoms. The van der Waals surface area contributed by atoms with Crippen molar-refractivity contribution in [3.8, 4) is 0 Å². The maximum Gasteiger partial charge on any atom is 0.152 e. The van der Waals surface area contributed by atoms with Gasteiger partial charge in [0.05, 0.1) is 0 Å². The molecule has 0 aromatic heterocycles. The summed E-state index contributed by atoms with van der Waals surface area (Å²) in [5.74, 6) is 0. The van der Waals surface area contributed by atoms with Crippen LogP contribution in [-0.4, -0.2) is 16.2 Å². The van der Waals surface area contributed by atoms with Crippen molar-refractivity contribution < 1.29 is 5.21 Å². The molecule has 0 spiro atoms. The van der Waals surface area contributed by atoms with Gasteiger partial charge in [0.2, 0.25) is 0 Å². The van der Waals surface area contributed by atoms with Crippen molar-refractivity contribution >= 4 is 11.0 Å². The van der Waals surface area contributed by atoms with E-state index in [0.717, 1.165) is 0 Å². The fraction of sp³-hybridized carbons (Fsp3) is 0. The Bertz CT molecular complexity index is 13.5. The molecule has 0 aliphatic rings. The van der Waals surface area contributed by atoms with Gasteiger partial charge in [-0.3, -0.25) is 0 Å². The molecule has 0 atom stereocenters. The summed E-state index contributed by atoms with van der Waals surface area (Å²) in [4.78, 5) is 8.11. The van der Waals surface area contributed by atoms with Crippen LogP contribution in [0.1, 0.15) is 0 Å². The first kappa shape index (κ1) is 9.47. The van der Waals surface area contributed by atoms with Gasteiger partial charge in [-0.05, 0) is 0 Å². The molecule has 0 aliphatic carbocycles. The zero-order valence-corrected chi connectivity index (χ0v) is 2.80. The predicted octanol–water partition coefficient (Wildman–Crippen LogP) is -0.239. The molecule has 0 aliphatic heterocycles. The highest BCUT2D eigenvalue weighted by Crippen LogP contribution is 1.25. The average molecular weight is 75.1 g/mol. The van der Waals surface area contributed by atoms with E-state index in [1.165, 1.54) is 5.34 Å². The lowest BCUT2D eigenvalue weighted by atomic mass is 13.4. The highest BCUT2D eigenvalue weighted by atomic mass is 28.1. The van der Waals surface area contributed by atoms with Crippen molar-refractivity contribution in [2.45, 2.75) is 0 Å². The summed E-state index contributed by atoms with van der Waals surface area (Å²) in [6.07, 6.45) is 0. The molecule has 0 unspecified atom stereocenters. The molecule has 4 radical (unpaired) electrons. The largest absolute Gasteiger partial charge is 0.379 e. The van der Waals surface area contributed by atoms with Crippen molar-refractivity contribution in [1.29, 1.82) is 0 Å². The first-order chi connectivity index (χ1) is 1.41. The molecule has 4 heavy (non-hydrogen) atoms. The highest BCUT2D eigenvalue weighted by molar-refractivity contribution is 5.75. The standard InChI is InChI=1S/HNO2.Si/c2-1-3;/h(H,2,3);. The third-order valence-electron chi connectivity index (χ3n) is 0. The lowest BCUT2D eigenvalue weighted by Gasteiger charge is -1.32. The van der Waals surface area contributed by atoms with Crippen molar-refractivity contribution in [3.63, 3.8) is 0 Å². The van der Waals surface area contributed by atoms with Gasteiger partial charge < -0.3 is 5.21 Å². The Morgan fingerprint density at radius 3 is 1.75 bits per heavy atom. The summed E-state index contributed by atoms with van der Waals surface area (Å²) in [5.41, 5.74) is 0. The summed E-state index contributed by atoms with van der Waals surface area (Å²) in [5, 5.41) is 7.89. The molecule has 4 heteroatoms. The van der Waals surface area contributed by atoms with Crippen molar-refractivity contribution in [1.82, 2.24) is 0 Å². The topological polar surface area (TPSA) is 49.7 Å². The van der Waals surface area contributed by atoms with Gasteiger partial charge in [0, 0.05) is 11.0 Å². The van der Waals surface area contributed by atoms with Crippen LogP contribution < -0.4 is 0 Å². The van der Waals surface area contributed by atoms with Gasteiger partial charge >= 0.3 is 0 Å². The third-order valence-corrected chi connectivity index (χ3v) is 0. The first-order valence-corrected chi connectivity index (χ1v) is 0.383. The summed E-state index contributed by atoms with van der Waals surface area (Å²) >= 11 is 0. The molecule has 22 valence electrons. The van der Waals surface area contributed by atoms with E-state index < -0.39 is 0 Å². The maximum atomic E-state index is 8.11. The smallest absolute Gasteiger partial charge is 0.152 e. The Balaban J connectivity index is 0. The summed E-state index contributed by atoms with van der Waals surface area (Å²) < 4.78 is 0. The molecule has 0 saturated carbocycles. The summed E-state index contributed by atoms with van der Waals surface area (Å²) in [6.45, 7) is 0. The van der Waals surface area contributed by atoms with Crippen LogP contribution in [0.3, 0.4) is 0 Å². The van der Waals surface area contributed by atoms with Crippen LogP contribution in [-0.2, 0) is 0 Å². The Labute approximate surface area is 27.6 Å². The van der Waals surface area contributed by atoms with E-state index in [4.69, 9.17) is 10.1 Å². The van der Waals surface area contributed by atoms with Crippen molar-refractivity contribution in [2.24, 2.45) is 5.34 Å². The van der Waals surface area contributed by atoms with Gasteiger partial charge in [0.1, 0.15) is 0 Å². The van der Waals surface area contributed by atoms with Crippen LogP contribution in [0.2, 0.25) is 0 Å². The van der Waals surface area contributed by atoms with Crippen LogP contribution in [0.25, 0.3) is 0 Å². The van der Waals surface area contributed by atoms with Gasteiger partial charge in [-0.2, -0.15) is 0 Å². The molecule has 0 aromatic rings. The second-order valence-corrected chi connectivity index (χ2v) is 0.0816. The van der Waals surface area contributed by atoms with Crippen LogP contribution in [0, 0.1) is 4.91 Å². The van der Waals surface area contributed by atoms with E-state index in [9.17, 15) is 0 Å². The SMILES string of the molecule is O=NO.[Si].